The Morgan fingerprint density at radius 2 is 1.43 bits per heavy atom. The van der Waals surface area contributed by atoms with Crippen molar-refractivity contribution in [2.75, 3.05) is 27.7 Å². The van der Waals surface area contributed by atoms with E-state index in [1.165, 1.54) is 38.3 Å². The molecule has 3 aromatic carbocycles. The van der Waals surface area contributed by atoms with Gasteiger partial charge in [0.05, 0.1) is 23.9 Å². The molecule has 0 bridgehead atoms. The number of methoxy groups -OCH3 is 1. The average Bonchev–Trinajstić information content (AvgIpc) is 2.80. The SMILES string of the molecule is COc1ccc(N(C(C)C(=O)Nc2ccc(S(=O)(=O)Nc3ccc(Br)cc3)cc2)S(C)(=O)=O)cc1. The van der Waals surface area contributed by atoms with Crippen LogP contribution >= 0.6 is 15.9 Å². The predicted molar refractivity (Wildman–Crippen MR) is 140 cm³/mol. The van der Waals surface area contributed by atoms with Gasteiger partial charge in [0, 0.05) is 15.8 Å². The van der Waals surface area contributed by atoms with Gasteiger partial charge < -0.3 is 10.1 Å². The van der Waals surface area contributed by atoms with Crippen molar-refractivity contribution in [3.63, 3.8) is 0 Å². The number of nitrogens with zero attached hydrogens (tertiary/aromatic N) is 1. The molecule has 0 saturated carbocycles. The number of nitrogens with one attached hydrogen (secondary N) is 2. The summed E-state index contributed by atoms with van der Waals surface area (Å²) in [6.07, 6.45) is 1.01. The van der Waals surface area contributed by atoms with E-state index in [0.29, 0.717) is 22.8 Å². The zero-order chi connectivity index (χ0) is 25.8. The fourth-order valence-corrected chi connectivity index (χ4v) is 5.73. The molecule has 12 heteroatoms. The monoisotopic (exact) mass is 581 g/mol. The van der Waals surface area contributed by atoms with Crippen LogP contribution in [-0.2, 0) is 24.8 Å². The Kier molecular flexibility index (Phi) is 8.08. The van der Waals surface area contributed by atoms with Crippen molar-refractivity contribution < 1.29 is 26.4 Å². The first kappa shape index (κ1) is 26.5. The lowest BCUT2D eigenvalue weighted by Gasteiger charge is -2.28. The Balaban J connectivity index is 1.75. The number of halogens is 1. The van der Waals surface area contributed by atoms with E-state index in [4.69, 9.17) is 4.74 Å². The van der Waals surface area contributed by atoms with Crippen LogP contribution in [0.2, 0.25) is 0 Å². The third-order valence-corrected chi connectivity index (χ3v) is 8.11. The number of rotatable bonds is 9. The molecule has 0 aliphatic carbocycles. The predicted octanol–water partition coefficient (Wildman–Crippen LogP) is 4.05. The molecule has 0 aliphatic rings. The van der Waals surface area contributed by atoms with E-state index in [2.05, 4.69) is 26.0 Å². The number of carbonyl (C=O) groups is 1. The standard InChI is InChI=1S/C23H24BrN3O6S2/c1-16(27(34(3,29)30)20-10-12-21(33-2)13-11-20)23(28)25-18-8-14-22(15-9-18)35(31,32)26-19-6-4-17(24)5-7-19/h4-16,26H,1-3H3,(H,25,28). The summed E-state index contributed by atoms with van der Waals surface area (Å²) in [6, 6.07) is 17.4. The number of carbonyl (C=O) groups excluding carboxylic acids is 1. The van der Waals surface area contributed by atoms with Gasteiger partial charge in [-0.15, -0.1) is 0 Å². The van der Waals surface area contributed by atoms with Crippen molar-refractivity contribution in [1.29, 1.82) is 0 Å². The molecule has 1 amide bonds. The lowest BCUT2D eigenvalue weighted by atomic mass is 10.2. The van der Waals surface area contributed by atoms with Crippen molar-refractivity contribution in [2.24, 2.45) is 0 Å². The van der Waals surface area contributed by atoms with Crippen LogP contribution in [0.15, 0.2) is 82.2 Å². The Bertz CT molecular complexity index is 1390. The number of hydrogen-bond donors (Lipinski definition) is 2. The summed E-state index contributed by atoms with van der Waals surface area (Å²) in [5.41, 5.74) is 1.02. The molecule has 0 saturated heterocycles. The lowest BCUT2D eigenvalue weighted by molar-refractivity contribution is -0.116. The van der Waals surface area contributed by atoms with Gasteiger partial charge in [-0.25, -0.2) is 16.8 Å². The molecule has 9 nitrogen and oxygen atoms in total. The van der Waals surface area contributed by atoms with Gasteiger partial charge in [-0.2, -0.15) is 0 Å². The van der Waals surface area contributed by atoms with Crippen LogP contribution in [0.25, 0.3) is 0 Å². The van der Waals surface area contributed by atoms with Gasteiger partial charge in [0.1, 0.15) is 11.8 Å². The lowest BCUT2D eigenvalue weighted by Crippen LogP contribution is -2.45. The third kappa shape index (κ3) is 6.74. The second-order valence-corrected chi connectivity index (χ2v) is 12.0. The van der Waals surface area contributed by atoms with Crippen molar-refractivity contribution in [1.82, 2.24) is 0 Å². The van der Waals surface area contributed by atoms with Crippen molar-refractivity contribution in [3.8, 4) is 5.75 Å². The molecule has 0 radical (unpaired) electrons. The fourth-order valence-electron chi connectivity index (χ4n) is 3.23. The summed E-state index contributed by atoms with van der Waals surface area (Å²) in [7, 11) is -6.14. The van der Waals surface area contributed by atoms with Crippen LogP contribution < -0.4 is 19.1 Å². The van der Waals surface area contributed by atoms with Crippen LogP contribution in [0.5, 0.6) is 5.75 Å². The van der Waals surface area contributed by atoms with E-state index in [1.807, 2.05) is 0 Å². The van der Waals surface area contributed by atoms with Gasteiger partial charge in [-0.05, 0) is 79.7 Å². The maximum Gasteiger partial charge on any atom is 0.261 e. The Morgan fingerprint density at radius 3 is 1.94 bits per heavy atom. The highest BCUT2D eigenvalue weighted by Crippen LogP contribution is 2.25. The minimum atomic E-state index is -3.84. The van der Waals surface area contributed by atoms with Crippen molar-refractivity contribution in [2.45, 2.75) is 17.9 Å². The van der Waals surface area contributed by atoms with E-state index in [0.717, 1.165) is 15.0 Å². The van der Waals surface area contributed by atoms with Gasteiger partial charge >= 0.3 is 0 Å². The largest absolute Gasteiger partial charge is 0.497 e. The van der Waals surface area contributed by atoms with Gasteiger partial charge in [-0.3, -0.25) is 13.8 Å². The summed E-state index contributed by atoms with van der Waals surface area (Å²) in [6.45, 7) is 1.46. The van der Waals surface area contributed by atoms with Crippen molar-refractivity contribution >= 4 is 58.9 Å². The van der Waals surface area contributed by atoms with E-state index in [-0.39, 0.29) is 4.90 Å². The molecule has 0 heterocycles. The Hall–Kier alpha value is -3.09. The van der Waals surface area contributed by atoms with Crippen LogP contribution in [0.3, 0.4) is 0 Å². The zero-order valence-corrected chi connectivity index (χ0v) is 22.3. The summed E-state index contributed by atoms with van der Waals surface area (Å²) in [5, 5.41) is 2.63. The second kappa shape index (κ2) is 10.7. The molecule has 1 unspecified atom stereocenters. The van der Waals surface area contributed by atoms with Gasteiger partial charge in [0.15, 0.2) is 0 Å². The van der Waals surface area contributed by atoms with Gasteiger partial charge in [-0.1, -0.05) is 15.9 Å². The molecular weight excluding hydrogens is 558 g/mol. The van der Waals surface area contributed by atoms with Gasteiger partial charge in [0.25, 0.3) is 10.0 Å². The maximum atomic E-state index is 12.9. The Labute approximate surface area is 213 Å². The Morgan fingerprint density at radius 1 is 0.886 bits per heavy atom. The topological polar surface area (TPSA) is 122 Å². The van der Waals surface area contributed by atoms with Crippen molar-refractivity contribution in [3.05, 3.63) is 77.3 Å². The number of sulfonamides is 2. The molecule has 2 N–H and O–H groups in total. The quantitative estimate of drug-likeness (QED) is 0.393. The summed E-state index contributed by atoms with van der Waals surface area (Å²) in [5.74, 6) is -0.0428. The zero-order valence-electron chi connectivity index (χ0n) is 19.1. The molecule has 0 fully saturated rings. The molecule has 0 aromatic heterocycles. The normalized spacial score (nSPS) is 12.5. The molecular formula is C23H24BrN3O6S2. The number of anilines is 3. The highest BCUT2D eigenvalue weighted by molar-refractivity contribution is 9.10. The first-order valence-electron chi connectivity index (χ1n) is 10.2. The molecule has 0 spiro atoms. The summed E-state index contributed by atoms with van der Waals surface area (Å²) >= 11 is 3.29. The number of hydrogen-bond acceptors (Lipinski definition) is 6. The average molecular weight is 582 g/mol. The summed E-state index contributed by atoms with van der Waals surface area (Å²) < 4.78 is 59.6. The van der Waals surface area contributed by atoms with Crippen LogP contribution in [0.4, 0.5) is 17.1 Å². The van der Waals surface area contributed by atoms with Crippen LogP contribution in [0, 0.1) is 0 Å². The molecule has 1 atom stereocenters. The molecule has 186 valence electrons. The molecule has 0 aliphatic heterocycles. The van der Waals surface area contributed by atoms with Crippen LogP contribution in [0.1, 0.15) is 6.92 Å². The first-order chi connectivity index (χ1) is 16.4. The van der Waals surface area contributed by atoms with Crippen LogP contribution in [-0.4, -0.2) is 42.2 Å². The number of benzene rings is 3. The highest BCUT2D eigenvalue weighted by Gasteiger charge is 2.29. The first-order valence-corrected chi connectivity index (χ1v) is 14.4. The van der Waals surface area contributed by atoms with E-state index in [1.54, 1.807) is 48.5 Å². The molecule has 35 heavy (non-hydrogen) atoms. The van der Waals surface area contributed by atoms with Gasteiger partial charge in [0.2, 0.25) is 15.9 Å². The third-order valence-electron chi connectivity index (χ3n) is 4.94. The minimum absolute atomic E-state index is 0.00228. The number of amides is 1. The molecule has 3 rings (SSSR count). The fraction of sp³-hybridized carbons (Fsp3) is 0.174. The second-order valence-electron chi connectivity index (χ2n) is 7.56. The highest BCUT2D eigenvalue weighted by atomic mass is 79.9. The van der Waals surface area contributed by atoms with E-state index < -0.39 is 32.0 Å². The smallest absolute Gasteiger partial charge is 0.261 e. The minimum Gasteiger partial charge on any atom is -0.497 e. The van der Waals surface area contributed by atoms with E-state index in [9.17, 15) is 21.6 Å². The van der Waals surface area contributed by atoms with E-state index >= 15 is 0 Å². The number of ether oxygens (including phenoxy) is 1. The summed E-state index contributed by atoms with van der Waals surface area (Å²) in [4.78, 5) is 12.9. The maximum absolute atomic E-state index is 12.9. The molecule has 3 aromatic rings.